The number of unbranched alkanes of at least 4 members (excludes halogenated alkanes) is 1. The third-order valence-electron chi connectivity index (χ3n) is 3.73. The van der Waals surface area contributed by atoms with Crippen LogP contribution in [0.2, 0.25) is 0 Å². The summed E-state index contributed by atoms with van der Waals surface area (Å²) in [5.74, 6) is 1.66. The molecule has 1 aromatic carbocycles. The van der Waals surface area contributed by atoms with Gasteiger partial charge in [-0.15, -0.1) is 24.0 Å². The molecule has 1 unspecified atom stereocenters. The van der Waals surface area contributed by atoms with Crippen LogP contribution in [0.5, 0.6) is 0 Å². The lowest BCUT2D eigenvalue weighted by molar-refractivity contribution is 0.265. The zero-order chi connectivity index (χ0) is 16.2. The molecule has 0 bridgehead atoms. The van der Waals surface area contributed by atoms with Gasteiger partial charge in [0.15, 0.2) is 5.96 Å². The van der Waals surface area contributed by atoms with Crippen molar-refractivity contribution in [2.45, 2.75) is 39.0 Å². The number of rotatable bonds is 9. The predicted octanol–water partition coefficient (Wildman–Crippen LogP) is 3.37. The van der Waals surface area contributed by atoms with Gasteiger partial charge >= 0.3 is 0 Å². The van der Waals surface area contributed by atoms with Crippen LogP contribution in [0, 0.1) is 5.92 Å². The Labute approximate surface area is 158 Å². The number of benzene rings is 1. The molecule has 0 aromatic heterocycles. The average molecular weight is 433 g/mol. The zero-order valence-electron chi connectivity index (χ0n) is 14.6. The van der Waals surface area contributed by atoms with Crippen LogP contribution in [0.4, 0.5) is 0 Å². The van der Waals surface area contributed by atoms with Gasteiger partial charge in [-0.2, -0.15) is 0 Å². The second-order valence-corrected chi connectivity index (χ2v) is 6.06. The number of aliphatic imine (C=N–C) groups is 1. The van der Waals surface area contributed by atoms with Crippen LogP contribution >= 0.6 is 24.0 Å². The summed E-state index contributed by atoms with van der Waals surface area (Å²) in [6.45, 7) is 6.25. The summed E-state index contributed by atoms with van der Waals surface area (Å²) in [7, 11) is 1.78. The van der Waals surface area contributed by atoms with Gasteiger partial charge in [-0.25, -0.2) is 0 Å². The number of halogens is 1. The SMILES string of the molecule is CN=C(NCCCCC(C)C)NCC(CO)c1ccccc1.I. The molecule has 0 saturated carbocycles. The number of hydrogen-bond donors (Lipinski definition) is 3. The summed E-state index contributed by atoms with van der Waals surface area (Å²) in [6.07, 6.45) is 3.67. The minimum Gasteiger partial charge on any atom is -0.396 e. The fraction of sp³-hybridized carbons (Fsp3) is 0.611. The number of aliphatic hydroxyl groups is 1. The highest BCUT2D eigenvalue weighted by Crippen LogP contribution is 2.13. The molecule has 132 valence electrons. The fourth-order valence-corrected chi connectivity index (χ4v) is 2.34. The van der Waals surface area contributed by atoms with Gasteiger partial charge in [0.05, 0.1) is 6.61 Å². The number of guanidine groups is 1. The quantitative estimate of drug-likeness (QED) is 0.242. The smallest absolute Gasteiger partial charge is 0.190 e. The van der Waals surface area contributed by atoms with Gasteiger partial charge in [0.25, 0.3) is 0 Å². The van der Waals surface area contributed by atoms with Crippen molar-refractivity contribution in [1.82, 2.24) is 10.6 Å². The lowest BCUT2D eigenvalue weighted by atomic mass is 10.0. The normalized spacial score (nSPS) is 12.7. The van der Waals surface area contributed by atoms with Crippen LogP contribution in [0.25, 0.3) is 0 Å². The van der Waals surface area contributed by atoms with E-state index in [2.05, 4.69) is 29.5 Å². The van der Waals surface area contributed by atoms with Crippen molar-refractivity contribution in [3.63, 3.8) is 0 Å². The Bertz CT molecular complexity index is 424. The number of nitrogens with one attached hydrogen (secondary N) is 2. The van der Waals surface area contributed by atoms with Crippen LogP contribution in [0.3, 0.4) is 0 Å². The van der Waals surface area contributed by atoms with Gasteiger partial charge < -0.3 is 15.7 Å². The number of nitrogens with zero attached hydrogens (tertiary/aromatic N) is 1. The number of aliphatic hydroxyl groups excluding tert-OH is 1. The summed E-state index contributed by atoms with van der Waals surface area (Å²) < 4.78 is 0. The predicted molar refractivity (Wildman–Crippen MR) is 110 cm³/mol. The lowest BCUT2D eigenvalue weighted by Gasteiger charge is -2.18. The summed E-state index contributed by atoms with van der Waals surface area (Å²) in [6, 6.07) is 10.1. The highest BCUT2D eigenvalue weighted by atomic mass is 127. The Morgan fingerprint density at radius 1 is 1.13 bits per heavy atom. The van der Waals surface area contributed by atoms with Crippen molar-refractivity contribution >= 4 is 29.9 Å². The van der Waals surface area contributed by atoms with Crippen LogP contribution < -0.4 is 10.6 Å². The van der Waals surface area contributed by atoms with Gasteiger partial charge in [0, 0.05) is 26.1 Å². The van der Waals surface area contributed by atoms with E-state index >= 15 is 0 Å². The Morgan fingerprint density at radius 2 is 1.83 bits per heavy atom. The van der Waals surface area contributed by atoms with Crippen LogP contribution in [0.1, 0.15) is 44.6 Å². The van der Waals surface area contributed by atoms with Gasteiger partial charge in [-0.1, -0.05) is 57.0 Å². The molecule has 0 amide bonds. The molecule has 23 heavy (non-hydrogen) atoms. The molecule has 0 saturated heterocycles. The molecule has 0 aliphatic carbocycles. The topological polar surface area (TPSA) is 56.7 Å². The molecule has 1 atom stereocenters. The van der Waals surface area contributed by atoms with Crippen LogP contribution in [-0.4, -0.2) is 37.8 Å². The summed E-state index contributed by atoms with van der Waals surface area (Å²) >= 11 is 0. The summed E-state index contributed by atoms with van der Waals surface area (Å²) in [5.41, 5.74) is 1.14. The highest BCUT2D eigenvalue weighted by Gasteiger charge is 2.10. The van der Waals surface area contributed by atoms with E-state index in [0.717, 1.165) is 30.4 Å². The van der Waals surface area contributed by atoms with E-state index in [4.69, 9.17) is 0 Å². The molecule has 4 nitrogen and oxygen atoms in total. The molecule has 3 N–H and O–H groups in total. The maximum absolute atomic E-state index is 9.56. The summed E-state index contributed by atoms with van der Waals surface area (Å²) in [5, 5.41) is 16.2. The molecule has 5 heteroatoms. The first-order valence-corrected chi connectivity index (χ1v) is 8.27. The summed E-state index contributed by atoms with van der Waals surface area (Å²) in [4.78, 5) is 4.23. The first kappa shape index (κ1) is 22.2. The van der Waals surface area contributed by atoms with Gasteiger partial charge in [0.1, 0.15) is 0 Å². The highest BCUT2D eigenvalue weighted by molar-refractivity contribution is 14.0. The third kappa shape index (κ3) is 9.81. The Hall–Kier alpha value is -0.820. The second-order valence-electron chi connectivity index (χ2n) is 6.06. The number of hydrogen-bond acceptors (Lipinski definition) is 2. The van der Waals surface area contributed by atoms with E-state index in [9.17, 15) is 5.11 Å². The van der Waals surface area contributed by atoms with E-state index in [-0.39, 0.29) is 36.5 Å². The molecular weight excluding hydrogens is 401 g/mol. The maximum Gasteiger partial charge on any atom is 0.190 e. The van der Waals surface area contributed by atoms with E-state index in [1.165, 1.54) is 12.8 Å². The van der Waals surface area contributed by atoms with Crippen molar-refractivity contribution in [2.75, 3.05) is 26.7 Å². The van der Waals surface area contributed by atoms with E-state index in [1.807, 2.05) is 30.3 Å². The van der Waals surface area contributed by atoms with E-state index in [1.54, 1.807) is 7.05 Å². The Morgan fingerprint density at radius 3 is 2.39 bits per heavy atom. The van der Waals surface area contributed by atoms with E-state index < -0.39 is 0 Å². The van der Waals surface area contributed by atoms with Crippen LogP contribution in [0.15, 0.2) is 35.3 Å². The van der Waals surface area contributed by atoms with Crippen molar-refractivity contribution < 1.29 is 5.11 Å². The molecule has 0 heterocycles. The molecule has 0 aliphatic rings. The molecule has 0 aliphatic heterocycles. The largest absolute Gasteiger partial charge is 0.396 e. The minimum atomic E-state index is 0. The monoisotopic (exact) mass is 433 g/mol. The lowest BCUT2D eigenvalue weighted by Crippen LogP contribution is -2.40. The van der Waals surface area contributed by atoms with Gasteiger partial charge in [-0.3, -0.25) is 4.99 Å². The van der Waals surface area contributed by atoms with E-state index in [0.29, 0.717) is 6.54 Å². The first-order chi connectivity index (χ1) is 10.7. The van der Waals surface area contributed by atoms with Gasteiger partial charge in [0.2, 0.25) is 0 Å². The minimum absolute atomic E-state index is 0. The molecule has 0 radical (unpaired) electrons. The molecule has 0 fully saturated rings. The van der Waals surface area contributed by atoms with Crippen molar-refractivity contribution in [2.24, 2.45) is 10.9 Å². The first-order valence-electron chi connectivity index (χ1n) is 8.27. The Balaban J connectivity index is 0.00000484. The third-order valence-corrected chi connectivity index (χ3v) is 3.73. The van der Waals surface area contributed by atoms with Crippen molar-refractivity contribution in [3.05, 3.63) is 35.9 Å². The molecule has 0 spiro atoms. The van der Waals surface area contributed by atoms with Crippen molar-refractivity contribution in [1.29, 1.82) is 0 Å². The average Bonchev–Trinajstić information content (AvgIpc) is 2.53. The molecule has 1 aromatic rings. The fourth-order valence-electron chi connectivity index (χ4n) is 2.34. The van der Waals surface area contributed by atoms with Crippen LogP contribution in [-0.2, 0) is 0 Å². The Kier molecular flexibility index (Phi) is 13.1. The van der Waals surface area contributed by atoms with Crippen molar-refractivity contribution in [3.8, 4) is 0 Å². The maximum atomic E-state index is 9.56. The molecular formula is C18H32IN3O. The molecule has 1 rings (SSSR count). The van der Waals surface area contributed by atoms with Gasteiger partial charge in [-0.05, 0) is 17.9 Å². The second kappa shape index (κ2) is 13.6. The zero-order valence-corrected chi connectivity index (χ0v) is 16.9. The standard InChI is InChI=1S/C18H31N3O.HI/c1-15(2)9-7-8-12-20-18(19-3)21-13-17(14-22)16-10-5-4-6-11-16;/h4-6,10-11,15,17,22H,7-9,12-14H2,1-3H3,(H2,19,20,21);1H.